The average Bonchev–Trinajstić information content (AvgIpc) is 1.94. The maximum absolute atomic E-state index is 12.1. The first-order valence-electron chi connectivity index (χ1n) is 3.77. The quantitative estimate of drug-likeness (QED) is 0.499. The summed E-state index contributed by atoms with van der Waals surface area (Å²) in [6.07, 6.45) is 2.18. The fraction of sp³-hybridized carbons (Fsp3) is 1.00. The van der Waals surface area contributed by atoms with Crippen molar-refractivity contribution in [2.75, 3.05) is 6.54 Å². The van der Waals surface area contributed by atoms with Crippen molar-refractivity contribution in [3.05, 3.63) is 0 Å². The molecule has 1 N–H and O–H groups in total. The van der Waals surface area contributed by atoms with E-state index in [1.165, 1.54) is 0 Å². The fourth-order valence-electron chi connectivity index (χ4n) is 0.809. The van der Waals surface area contributed by atoms with Crippen LogP contribution in [0, 0.1) is 0 Å². The van der Waals surface area contributed by atoms with Crippen LogP contribution in [-0.2, 0) is 0 Å². The highest BCUT2D eigenvalue weighted by Crippen LogP contribution is 2.06. The molecule has 1 aliphatic rings. The highest BCUT2D eigenvalue weighted by atomic mass is 19.1. The van der Waals surface area contributed by atoms with E-state index in [0.29, 0.717) is 6.42 Å². The van der Waals surface area contributed by atoms with E-state index in [2.05, 4.69) is 5.32 Å². The van der Waals surface area contributed by atoms with Gasteiger partial charge in [-0.15, -0.1) is 0 Å². The van der Waals surface area contributed by atoms with Gasteiger partial charge in [0.05, 0.1) is 0 Å². The molecule has 0 bridgehead atoms. The molecule has 1 aliphatic heterocycles. The van der Waals surface area contributed by atoms with Gasteiger partial charge in [0.2, 0.25) is 0 Å². The molecule has 0 radical (unpaired) electrons. The molecule has 9 heavy (non-hydrogen) atoms. The molecule has 1 nitrogen and oxygen atoms in total. The lowest BCUT2D eigenvalue weighted by Gasteiger charge is -2.14. The fourth-order valence-corrected chi connectivity index (χ4v) is 0.809. The van der Waals surface area contributed by atoms with E-state index >= 15 is 0 Å². The molecule has 2 heteroatoms. The zero-order valence-corrected chi connectivity index (χ0v) is 6.28. The summed E-state index contributed by atoms with van der Waals surface area (Å²) in [6, 6.07) is 0. The van der Waals surface area contributed by atoms with Crippen LogP contribution in [-0.4, -0.2) is 12.8 Å². The molecule has 56 valence electrons. The lowest BCUT2D eigenvalue weighted by atomic mass is 10.2. The first-order chi connectivity index (χ1) is 4.39. The third-order valence-electron chi connectivity index (χ3n) is 1.25. The Bertz CT molecular complexity index is 50.9. The van der Waals surface area contributed by atoms with E-state index in [-0.39, 0.29) is 0 Å². The molecule has 0 aromatic carbocycles. The Morgan fingerprint density at radius 2 is 2.00 bits per heavy atom. The van der Waals surface area contributed by atoms with E-state index in [9.17, 15) is 4.39 Å². The van der Waals surface area contributed by atoms with Gasteiger partial charge in [-0.2, -0.15) is 0 Å². The second kappa shape index (κ2) is 6.02. The Morgan fingerprint density at radius 1 is 1.33 bits per heavy atom. The minimum absolute atomic E-state index is 0.708. The normalized spacial score (nSPS) is 26.3. The van der Waals surface area contributed by atoms with Crippen LogP contribution < -0.4 is 5.32 Å². The minimum Gasteiger partial charge on any atom is -0.288 e. The van der Waals surface area contributed by atoms with E-state index < -0.39 is 6.30 Å². The van der Waals surface area contributed by atoms with Gasteiger partial charge in [0.25, 0.3) is 0 Å². The summed E-state index contributed by atoms with van der Waals surface area (Å²) >= 11 is 0. The van der Waals surface area contributed by atoms with Crippen LogP contribution >= 0.6 is 0 Å². The maximum atomic E-state index is 12.1. The largest absolute Gasteiger partial charge is 0.288 e. The van der Waals surface area contributed by atoms with Crippen LogP contribution in [0.1, 0.15) is 33.1 Å². The average molecular weight is 133 g/mol. The van der Waals surface area contributed by atoms with Crippen LogP contribution in [0.4, 0.5) is 4.39 Å². The zero-order valence-electron chi connectivity index (χ0n) is 6.28. The van der Waals surface area contributed by atoms with Gasteiger partial charge in [-0.05, 0) is 25.8 Å². The van der Waals surface area contributed by atoms with Crippen molar-refractivity contribution in [3.8, 4) is 0 Å². The van der Waals surface area contributed by atoms with Crippen molar-refractivity contribution < 1.29 is 4.39 Å². The molecule has 1 saturated heterocycles. The van der Waals surface area contributed by atoms with Gasteiger partial charge in [0.1, 0.15) is 0 Å². The molecule has 1 unspecified atom stereocenters. The first-order valence-corrected chi connectivity index (χ1v) is 3.77. The monoisotopic (exact) mass is 133 g/mol. The molecule has 0 aliphatic carbocycles. The van der Waals surface area contributed by atoms with E-state index in [1.54, 1.807) is 0 Å². The first kappa shape index (κ1) is 8.89. The van der Waals surface area contributed by atoms with Gasteiger partial charge in [0.15, 0.2) is 6.30 Å². The molecule has 0 amide bonds. The third kappa shape index (κ3) is 4.40. The molecule has 1 heterocycles. The van der Waals surface area contributed by atoms with Gasteiger partial charge in [-0.25, -0.2) is 4.39 Å². The van der Waals surface area contributed by atoms with Gasteiger partial charge >= 0.3 is 0 Å². The van der Waals surface area contributed by atoms with Crippen LogP contribution in [0.5, 0.6) is 0 Å². The summed E-state index contributed by atoms with van der Waals surface area (Å²) < 4.78 is 12.1. The van der Waals surface area contributed by atoms with E-state index in [1.807, 2.05) is 13.8 Å². The molecule has 0 aromatic heterocycles. The Hall–Kier alpha value is -0.110. The molecule has 0 spiro atoms. The van der Waals surface area contributed by atoms with Crippen molar-refractivity contribution in [2.24, 2.45) is 0 Å². The van der Waals surface area contributed by atoms with Crippen LogP contribution in [0.15, 0.2) is 0 Å². The Morgan fingerprint density at radius 3 is 2.22 bits per heavy atom. The van der Waals surface area contributed by atoms with E-state index in [4.69, 9.17) is 0 Å². The molecule has 1 rings (SSSR count). The van der Waals surface area contributed by atoms with Crippen molar-refractivity contribution >= 4 is 0 Å². The highest BCUT2D eigenvalue weighted by Gasteiger charge is 2.08. The number of alkyl halides is 1. The number of nitrogens with one attached hydrogen (secondary N) is 1. The van der Waals surface area contributed by atoms with Crippen molar-refractivity contribution in [3.63, 3.8) is 0 Å². The Kier molecular flexibility index (Phi) is 5.94. The second-order valence-electron chi connectivity index (χ2n) is 1.92. The molecule has 1 atom stereocenters. The zero-order chi connectivity index (χ0) is 7.11. The van der Waals surface area contributed by atoms with Crippen molar-refractivity contribution in [2.45, 2.75) is 39.4 Å². The Balaban J connectivity index is 0.000000291. The van der Waals surface area contributed by atoms with Gasteiger partial charge in [0, 0.05) is 0 Å². The topological polar surface area (TPSA) is 12.0 Å². The predicted octanol–water partition coefficient (Wildman–Crippen LogP) is 2.08. The summed E-state index contributed by atoms with van der Waals surface area (Å²) in [5, 5.41) is 2.72. The lowest BCUT2D eigenvalue weighted by Crippen LogP contribution is -2.29. The summed E-state index contributed by atoms with van der Waals surface area (Å²) in [6.45, 7) is 4.86. The number of piperidine rings is 1. The van der Waals surface area contributed by atoms with Crippen molar-refractivity contribution in [1.29, 1.82) is 0 Å². The summed E-state index contributed by atoms with van der Waals surface area (Å²) in [5.74, 6) is 0. The molecular weight excluding hydrogens is 117 g/mol. The molecular formula is C7H16FN. The number of halogens is 1. The molecule has 0 saturated carbocycles. The Labute approximate surface area is 56.6 Å². The van der Waals surface area contributed by atoms with Gasteiger partial charge < -0.3 is 0 Å². The van der Waals surface area contributed by atoms with Crippen LogP contribution in [0.25, 0.3) is 0 Å². The summed E-state index contributed by atoms with van der Waals surface area (Å²) in [4.78, 5) is 0. The highest BCUT2D eigenvalue weighted by molar-refractivity contribution is 4.60. The smallest absolute Gasteiger partial charge is 0.151 e. The maximum Gasteiger partial charge on any atom is 0.151 e. The standard InChI is InChI=1S/C5H10FN.C2H6/c6-5-3-1-2-4-7-5;1-2/h5,7H,1-4H2;1-2H3. The molecule has 1 fully saturated rings. The van der Waals surface area contributed by atoms with Crippen LogP contribution in [0.2, 0.25) is 0 Å². The lowest BCUT2D eigenvalue weighted by molar-refractivity contribution is 0.223. The van der Waals surface area contributed by atoms with Gasteiger partial charge in [-0.3, -0.25) is 5.32 Å². The van der Waals surface area contributed by atoms with Gasteiger partial charge in [-0.1, -0.05) is 13.8 Å². The predicted molar refractivity (Wildman–Crippen MR) is 38.1 cm³/mol. The number of hydrogen-bond donors (Lipinski definition) is 1. The third-order valence-corrected chi connectivity index (χ3v) is 1.25. The number of hydrogen-bond acceptors (Lipinski definition) is 1. The SMILES string of the molecule is CC.FC1CCCCN1. The van der Waals surface area contributed by atoms with E-state index in [0.717, 1.165) is 19.4 Å². The van der Waals surface area contributed by atoms with Crippen molar-refractivity contribution in [1.82, 2.24) is 5.32 Å². The second-order valence-corrected chi connectivity index (χ2v) is 1.92. The number of rotatable bonds is 0. The summed E-state index contributed by atoms with van der Waals surface area (Å²) in [7, 11) is 0. The summed E-state index contributed by atoms with van der Waals surface area (Å²) in [5.41, 5.74) is 0. The minimum atomic E-state index is -0.714. The van der Waals surface area contributed by atoms with Crippen LogP contribution in [0.3, 0.4) is 0 Å². The molecule has 0 aromatic rings.